The van der Waals surface area contributed by atoms with E-state index in [1.54, 1.807) is 0 Å². The third-order valence-electron chi connectivity index (χ3n) is 5.99. The first-order chi connectivity index (χ1) is 13.7. The Morgan fingerprint density at radius 1 is 1.21 bits per heavy atom. The number of hydrogen-bond donors (Lipinski definition) is 1. The fourth-order valence-corrected chi connectivity index (χ4v) is 4.39. The second-order valence-electron chi connectivity index (χ2n) is 7.86. The highest BCUT2D eigenvalue weighted by molar-refractivity contribution is 5.80. The van der Waals surface area contributed by atoms with E-state index in [0.717, 1.165) is 43.5 Å². The molecule has 3 heterocycles. The number of carbonyl (C=O) groups is 2. The van der Waals surface area contributed by atoms with E-state index in [-0.39, 0.29) is 23.8 Å². The lowest BCUT2D eigenvalue weighted by Gasteiger charge is -2.31. The molecule has 1 fully saturated rings. The Morgan fingerprint density at radius 2 is 1.96 bits per heavy atom. The topological polar surface area (TPSA) is 72.2 Å². The zero-order valence-electron chi connectivity index (χ0n) is 16.5. The largest absolute Gasteiger partial charge is 0.350 e. The first kappa shape index (κ1) is 18.8. The molecule has 2 amide bonds. The van der Waals surface area contributed by atoms with Crippen LogP contribution < -0.4 is 5.32 Å². The lowest BCUT2D eigenvalue weighted by atomic mass is 10.1. The molecule has 1 atom stereocenters. The minimum absolute atomic E-state index is 0.151. The number of nitrogens with zero attached hydrogens (tertiary/aromatic N) is 4. The molecule has 2 aromatic rings. The van der Waals surface area contributed by atoms with Gasteiger partial charge in [0, 0.05) is 24.9 Å². The quantitative estimate of drug-likeness (QED) is 0.833. The number of amides is 2. The fraction of sp³-hybridized carbons (Fsp3) is 0.571. The van der Waals surface area contributed by atoms with Gasteiger partial charge in [-0.05, 0) is 37.5 Å². The van der Waals surface area contributed by atoms with E-state index in [4.69, 9.17) is 0 Å². The maximum absolute atomic E-state index is 13.0. The SMILES string of the molecule is CC[C@H](C(=O)N1CCn2nc(CNC(=O)C3CCCC3)cc2C1)n1cccc1. The molecule has 1 aliphatic carbocycles. The van der Waals surface area contributed by atoms with Crippen LogP contribution in [0.2, 0.25) is 0 Å². The molecule has 2 aromatic heterocycles. The summed E-state index contributed by atoms with van der Waals surface area (Å²) in [5.74, 6) is 0.477. The predicted molar refractivity (Wildman–Crippen MR) is 105 cm³/mol. The standard InChI is InChI=1S/C21H29N5O2/c1-2-19(24-9-5-6-10-24)21(28)25-11-12-26-18(15-25)13-17(23-26)14-22-20(27)16-7-3-4-8-16/h5-6,9-10,13,16,19H,2-4,7-8,11-12,14-15H2,1H3,(H,22,27)/t19-/m1/s1. The molecule has 0 radical (unpaired) electrons. The average molecular weight is 383 g/mol. The number of carbonyl (C=O) groups excluding carboxylic acids is 2. The molecule has 1 N–H and O–H groups in total. The average Bonchev–Trinajstić information content (AvgIpc) is 3.47. The van der Waals surface area contributed by atoms with Crippen LogP contribution in [0.3, 0.4) is 0 Å². The van der Waals surface area contributed by atoms with E-state index < -0.39 is 0 Å². The van der Waals surface area contributed by atoms with Gasteiger partial charge in [0.15, 0.2) is 0 Å². The van der Waals surface area contributed by atoms with Gasteiger partial charge in [0.25, 0.3) is 0 Å². The van der Waals surface area contributed by atoms with E-state index >= 15 is 0 Å². The second-order valence-corrected chi connectivity index (χ2v) is 7.86. The van der Waals surface area contributed by atoms with Crippen LogP contribution in [0.25, 0.3) is 0 Å². The summed E-state index contributed by atoms with van der Waals surface area (Å²) in [6.45, 7) is 4.44. The molecule has 0 spiro atoms. The Bertz CT molecular complexity index is 820. The summed E-state index contributed by atoms with van der Waals surface area (Å²) >= 11 is 0. The Morgan fingerprint density at radius 3 is 2.68 bits per heavy atom. The first-order valence-corrected chi connectivity index (χ1v) is 10.4. The van der Waals surface area contributed by atoms with Gasteiger partial charge in [-0.3, -0.25) is 14.3 Å². The molecule has 0 unspecified atom stereocenters. The summed E-state index contributed by atoms with van der Waals surface area (Å²) in [6.07, 6.45) is 8.98. The summed E-state index contributed by atoms with van der Waals surface area (Å²) in [7, 11) is 0. The molecule has 7 nitrogen and oxygen atoms in total. The minimum Gasteiger partial charge on any atom is -0.350 e. The normalized spacial score (nSPS) is 18.1. The molecule has 1 aliphatic heterocycles. The number of rotatable bonds is 6. The van der Waals surface area contributed by atoms with Gasteiger partial charge in [-0.2, -0.15) is 5.10 Å². The van der Waals surface area contributed by atoms with Gasteiger partial charge >= 0.3 is 0 Å². The van der Waals surface area contributed by atoms with E-state index in [1.165, 1.54) is 0 Å². The molecule has 2 aliphatic rings. The molecule has 28 heavy (non-hydrogen) atoms. The van der Waals surface area contributed by atoms with Crippen molar-refractivity contribution in [3.05, 3.63) is 42.0 Å². The van der Waals surface area contributed by atoms with Gasteiger partial charge in [-0.25, -0.2) is 0 Å². The van der Waals surface area contributed by atoms with Crippen molar-refractivity contribution in [3.8, 4) is 0 Å². The van der Waals surface area contributed by atoms with Crippen LogP contribution in [0.4, 0.5) is 0 Å². The van der Waals surface area contributed by atoms with Crippen molar-refractivity contribution in [1.29, 1.82) is 0 Å². The van der Waals surface area contributed by atoms with Crippen molar-refractivity contribution in [3.63, 3.8) is 0 Å². The maximum atomic E-state index is 13.0. The number of nitrogens with one attached hydrogen (secondary N) is 1. The van der Waals surface area contributed by atoms with Gasteiger partial charge in [0.2, 0.25) is 11.8 Å². The number of hydrogen-bond acceptors (Lipinski definition) is 3. The third-order valence-corrected chi connectivity index (χ3v) is 5.99. The first-order valence-electron chi connectivity index (χ1n) is 10.4. The molecular weight excluding hydrogens is 354 g/mol. The zero-order chi connectivity index (χ0) is 19.5. The predicted octanol–water partition coefficient (Wildman–Crippen LogP) is 2.48. The number of fused-ring (bicyclic) bond motifs is 1. The summed E-state index contributed by atoms with van der Waals surface area (Å²) in [5.41, 5.74) is 1.90. The lowest BCUT2D eigenvalue weighted by Crippen LogP contribution is -2.42. The Kier molecular flexibility index (Phi) is 5.50. The highest BCUT2D eigenvalue weighted by Gasteiger charge is 2.28. The molecular formula is C21H29N5O2. The summed E-state index contributed by atoms with van der Waals surface area (Å²) < 4.78 is 3.95. The molecule has 1 saturated carbocycles. The molecule has 0 aromatic carbocycles. The summed E-state index contributed by atoms with van der Waals surface area (Å²) in [5, 5.41) is 7.65. The minimum atomic E-state index is -0.158. The van der Waals surface area contributed by atoms with Gasteiger partial charge < -0.3 is 14.8 Å². The molecule has 7 heteroatoms. The van der Waals surface area contributed by atoms with Crippen LogP contribution in [0, 0.1) is 5.92 Å². The Hall–Kier alpha value is -2.57. The van der Waals surface area contributed by atoms with Crippen molar-refractivity contribution >= 4 is 11.8 Å². The zero-order valence-corrected chi connectivity index (χ0v) is 16.5. The van der Waals surface area contributed by atoms with E-state index in [9.17, 15) is 9.59 Å². The van der Waals surface area contributed by atoms with Crippen molar-refractivity contribution in [2.45, 2.75) is 64.7 Å². The molecule has 0 bridgehead atoms. The van der Waals surface area contributed by atoms with Crippen LogP contribution in [0.15, 0.2) is 30.6 Å². The highest BCUT2D eigenvalue weighted by Crippen LogP contribution is 2.25. The van der Waals surface area contributed by atoms with Crippen LogP contribution in [0.1, 0.15) is 56.5 Å². The third kappa shape index (κ3) is 3.84. The van der Waals surface area contributed by atoms with E-state index in [0.29, 0.717) is 26.2 Å². The highest BCUT2D eigenvalue weighted by atomic mass is 16.2. The fourth-order valence-electron chi connectivity index (χ4n) is 4.39. The summed E-state index contributed by atoms with van der Waals surface area (Å²) in [6, 6.07) is 5.76. The Balaban J connectivity index is 1.37. The van der Waals surface area contributed by atoms with Crippen LogP contribution >= 0.6 is 0 Å². The van der Waals surface area contributed by atoms with Crippen molar-refractivity contribution in [2.75, 3.05) is 6.54 Å². The van der Waals surface area contributed by atoms with Gasteiger partial charge in [-0.1, -0.05) is 19.8 Å². The van der Waals surface area contributed by atoms with E-state index in [1.807, 2.05) is 51.7 Å². The van der Waals surface area contributed by atoms with Crippen LogP contribution in [-0.2, 0) is 29.2 Å². The number of aromatic nitrogens is 3. The smallest absolute Gasteiger partial charge is 0.246 e. The van der Waals surface area contributed by atoms with E-state index in [2.05, 4.69) is 10.4 Å². The van der Waals surface area contributed by atoms with Crippen LogP contribution in [-0.4, -0.2) is 37.6 Å². The molecule has 0 saturated heterocycles. The monoisotopic (exact) mass is 383 g/mol. The molecule has 150 valence electrons. The van der Waals surface area contributed by atoms with Crippen molar-refractivity contribution < 1.29 is 9.59 Å². The van der Waals surface area contributed by atoms with Crippen molar-refractivity contribution in [2.24, 2.45) is 5.92 Å². The Labute approximate surface area is 165 Å². The summed E-state index contributed by atoms with van der Waals surface area (Å²) in [4.78, 5) is 27.2. The maximum Gasteiger partial charge on any atom is 0.246 e. The van der Waals surface area contributed by atoms with Crippen molar-refractivity contribution in [1.82, 2.24) is 24.6 Å². The van der Waals surface area contributed by atoms with Gasteiger partial charge in [0.05, 0.1) is 31.0 Å². The molecule has 4 rings (SSSR count). The van der Waals surface area contributed by atoms with Crippen LogP contribution in [0.5, 0.6) is 0 Å². The van der Waals surface area contributed by atoms with Gasteiger partial charge in [0.1, 0.15) is 6.04 Å². The second kappa shape index (κ2) is 8.20. The lowest BCUT2D eigenvalue weighted by molar-refractivity contribution is -0.136. The van der Waals surface area contributed by atoms with Gasteiger partial charge in [-0.15, -0.1) is 0 Å².